The molecule has 0 radical (unpaired) electrons. The van der Waals surface area contributed by atoms with Crippen LogP contribution in [-0.4, -0.2) is 16.9 Å². The summed E-state index contributed by atoms with van der Waals surface area (Å²) in [6.45, 7) is 5.79. The fourth-order valence-corrected chi connectivity index (χ4v) is 1.49. The van der Waals surface area contributed by atoms with Gasteiger partial charge in [0.2, 0.25) is 5.91 Å². The summed E-state index contributed by atoms with van der Waals surface area (Å²) >= 11 is 0. The summed E-state index contributed by atoms with van der Waals surface area (Å²) in [6, 6.07) is 3.29. The first kappa shape index (κ1) is 12.6. The van der Waals surface area contributed by atoms with Gasteiger partial charge in [-0.3, -0.25) is 9.78 Å². The molecular formula is C12H19N3O. The number of carbonyl (C=O) groups is 1. The maximum atomic E-state index is 11.7. The normalized spacial score (nSPS) is 12.2. The average molecular weight is 221 g/mol. The number of rotatable bonds is 4. The van der Waals surface area contributed by atoms with Crippen LogP contribution in [0, 0.1) is 13.8 Å². The molecule has 3 N–H and O–H groups in total. The quantitative estimate of drug-likeness (QED) is 0.814. The van der Waals surface area contributed by atoms with Gasteiger partial charge in [0.1, 0.15) is 0 Å². The molecule has 0 saturated carbocycles. The van der Waals surface area contributed by atoms with E-state index >= 15 is 0 Å². The van der Waals surface area contributed by atoms with Gasteiger partial charge in [-0.2, -0.15) is 0 Å². The van der Waals surface area contributed by atoms with Crippen molar-refractivity contribution in [2.75, 3.05) is 5.32 Å². The van der Waals surface area contributed by atoms with E-state index in [9.17, 15) is 4.79 Å². The molecule has 0 aliphatic heterocycles. The minimum Gasteiger partial charge on any atom is -0.323 e. The van der Waals surface area contributed by atoms with E-state index in [2.05, 4.69) is 10.3 Å². The number of aryl methyl sites for hydroxylation is 2. The Balaban J connectivity index is 2.69. The molecule has 16 heavy (non-hydrogen) atoms. The van der Waals surface area contributed by atoms with Gasteiger partial charge in [0.05, 0.1) is 17.4 Å². The van der Waals surface area contributed by atoms with Crippen LogP contribution in [0.15, 0.2) is 12.1 Å². The van der Waals surface area contributed by atoms with Crippen molar-refractivity contribution in [3.05, 3.63) is 23.5 Å². The molecule has 1 rings (SSSR count). The Morgan fingerprint density at radius 1 is 1.50 bits per heavy atom. The average Bonchev–Trinajstić information content (AvgIpc) is 2.22. The Labute approximate surface area is 96.3 Å². The predicted molar refractivity (Wildman–Crippen MR) is 65.2 cm³/mol. The first-order valence-corrected chi connectivity index (χ1v) is 5.55. The second kappa shape index (κ2) is 5.61. The van der Waals surface area contributed by atoms with Gasteiger partial charge in [0.25, 0.3) is 0 Å². The summed E-state index contributed by atoms with van der Waals surface area (Å²) in [5.41, 5.74) is 8.22. The zero-order chi connectivity index (χ0) is 12.1. The van der Waals surface area contributed by atoms with Crippen molar-refractivity contribution in [2.24, 2.45) is 5.73 Å². The molecule has 0 aromatic carbocycles. The van der Waals surface area contributed by atoms with Crippen molar-refractivity contribution in [3.8, 4) is 0 Å². The predicted octanol–water partition coefficient (Wildman–Crippen LogP) is 1.76. The molecule has 1 aromatic rings. The summed E-state index contributed by atoms with van der Waals surface area (Å²) in [4.78, 5) is 16.0. The Bertz CT molecular complexity index is 377. The first-order chi connectivity index (χ1) is 7.54. The highest BCUT2D eigenvalue weighted by molar-refractivity contribution is 5.95. The van der Waals surface area contributed by atoms with Crippen LogP contribution in [0.5, 0.6) is 0 Å². The van der Waals surface area contributed by atoms with Crippen molar-refractivity contribution in [2.45, 2.75) is 39.7 Å². The zero-order valence-corrected chi connectivity index (χ0v) is 10.1. The van der Waals surface area contributed by atoms with Gasteiger partial charge in [-0.25, -0.2) is 0 Å². The number of carbonyl (C=O) groups excluding carboxylic acids is 1. The fourth-order valence-electron chi connectivity index (χ4n) is 1.49. The van der Waals surface area contributed by atoms with E-state index in [1.807, 2.05) is 32.9 Å². The number of nitrogens with zero attached hydrogens (tertiary/aromatic N) is 1. The lowest BCUT2D eigenvalue weighted by Gasteiger charge is -2.12. The monoisotopic (exact) mass is 221 g/mol. The van der Waals surface area contributed by atoms with E-state index in [-0.39, 0.29) is 5.91 Å². The molecule has 1 atom stereocenters. The third kappa shape index (κ3) is 3.31. The third-order valence-corrected chi connectivity index (χ3v) is 2.42. The summed E-state index contributed by atoms with van der Waals surface area (Å²) < 4.78 is 0. The second-order valence-electron chi connectivity index (χ2n) is 3.97. The first-order valence-electron chi connectivity index (χ1n) is 5.55. The molecule has 88 valence electrons. The molecule has 0 saturated heterocycles. The second-order valence-corrected chi connectivity index (χ2v) is 3.97. The van der Waals surface area contributed by atoms with E-state index < -0.39 is 6.04 Å². The van der Waals surface area contributed by atoms with Crippen molar-refractivity contribution in [1.29, 1.82) is 0 Å². The summed E-state index contributed by atoms with van der Waals surface area (Å²) in [5, 5.41) is 2.80. The minimum absolute atomic E-state index is 0.143. The SMILES string of the molecule is CCC[C@@H](N)C(=O)Nc1ccc(C)nc1C. The number of anilines is 1. The van der Waals surface area contributed by atoms with E-state index in [4.69, 9.17) is 5.73 Å². The standard InChI is InChI=1S/C12H19N3O/c1-4-5-10(13)12(16)15-11-7-6-8(2)14-9(11)3/h6-7,10H,4-5,13H2,1-3H3,(H,15,16)/t10-/m1/s1. The minimum atomic E-state index is -0.439. The van der Waals surface area contributed by atoms with Crippen LogP contribution in [0.1, 0.15) is 31.2 Å². The fraction of sp³-hybridized carbons (Fsp3) is 0.500. The largest absolute Gasteiger partial charge is 0.323 e. The smallest absolute Gasteiger partial charge is 0.241 e. The van der Waals surface area contributed by atoms with E-state index in [1.54, 1.807) is 0 Å². The molecule has 0 bridgehead atoms. The van der Waals surface area contributed by atoms with Crippen molar-refractivity contribution in [1.82, 2.24) is 4.98 Å². The van der Waals surface area contributed by atoms with Crippen LogP contribution < -0.4 is 11.1 Å². The van der Waals surface area contributed by atoms with E-state index in [0.717, 1.165) is 23.5 Å². The molecule has 4 nitrogen and oxygen atoms in total. The highest BCUT2D eigenvalue weighted by Gasteiger charge is 2.13. The number of nitrogens with one attached hydrogen (secondary N) is 1. The number of hydrogen-bond acceptors (Lipinski definition) is 3. The molecule has 4 heteroatoms. The maximum Gasteiger partial charge on any atom is 0.241 e. The molecular weight excluding hydrogens is 202 g/mol. The van der Waals surface area contributed by atoms with Crippen LogP contribution >= 0.6 is 0 Å². The van der Waals surface area contributed by atoms with Crippen LogP contribution in [0.4, 0.5) is 5.69 Å². The molecule has 0 aliphatic rings. The Morgan fingerprint density at radius 3 is 2.75 bits per heavy atom. The summed E-state index contributed by atoms with van der Waals surface area (Å²) in [7, 11) is 0. The number of aromatic nitrogens is 1. The molecule has 1 amide bonds. The Morgan fingerprint density at radius 2 is 2.19 bits per heavy atom. The lowest BCUT2D eigenvalue weighted by molar-refractivity contribution is -0.117. The van der Waals surface area contributed by atoms with Crippen molar-refractivity contribution in [3.63, 3.8) is 0 Å². The van der Waals surface area contributed by atoms with Crippen molar-refractivity contribution >= 4 is 11.6 Å². The Hall–Kier alpha value is -1.42. The van der Waals surface area contributed by atoms with Gasteiger partial charge in [0.15, 0.2) is 0 Å². The zero-order valence-electron chi connectivity index (χ0n) is 10.1. The molecule has 0 aliphatic carbocycles. The van der Waals surface area contributed by atoms with Gasteiger partial charge in [0, 0.05) is 5.69 Å². The van der Waals surface area contributed by atoms with Crippen LogP contribution in [0.3, 0.4) is 0 Å². The highest BCUT2D eigenvalue weighted by Crippen LogP contribution is 2.13. The molecule has 0 fully saturated rings. The van der Waals surface area contributed by atoms with Gasteiger partial charge >= 0.3 is 0 Å². The third-order valence-electron chi connectivity index (χ3n) is 2.42. The maximum absolute atomic E-state index is 11.7. The van der Waals surface area contributed by atoms with E-state index in [1.165, 1.54) is 0 Å². The topological polar surface area (TPSA) is 68.0 Å². The van der Waals surface area contributed by atoms with Crippen LogP contribution in [0.25, 0.3) is 0 Å². The van der Waals surface area contributed by atoms with Gasteiger partial charge in [-0.05, 0) is 32.4 Å². The van der Waals surface area contributed by atoms with Gasteiger partial charge in [-0.1, -0.05) is 13.3 Å². The number of hydrogen-bond donors (Lipinski definition) is 2. The number of nitrogens with two attached hydrogens (primary N) is 1. The van der Waals surface area contributed by atoms with Crippen molar-refractivity contribution < 1.29 is 4.79 Å². The molecule has 0 unspecified atom stereocenters. The molecule has 1 heterocycles. The lowest BCUT2D eigenvalue weighted by Crippen LogP contribution is -2.35. The van der Waals surface area contributed by atoms with Gasteiger partial charge < -0.3 is 11.1 Å². The number of pyridine rings is 1. The lowest BCUT2D eigenvalue weighted by atomic mass is 10.1. The summed E-state index contributed by atoms with van der Waals surface area (Å²) in [6.07, 6.45) is 1.60. The van der Waals surface area contributed by atoms with Gasteiger partial charge in [-0.15, -0.1) is 0 Å². The highest BCUT2D eigenvalue weighted by atomic mass is 16.2. The van der Waals surface area contributed by atoms with E-state index in [0.29, 0.717) is 6.42 Å². The molecule has 0 spiro atoms. The number of amides is 1. The van der Waals surface area contributed by atoms with Crippen LogP contribution in [0.2, 0.25) is 0 Å². The summed E-state index contributed by atoms with van der Waals surface area (Å²) in [5.74, 6) is -0.143. The van der Waals surface area contributed by atoms with Crippen LogP contribution in [-0.2, 0) is 4.79 Å². The Kier molecular flexibility index (Phi) is 4.43. The molecule has 1 aromatic heterocycles.